The Kier molecular flexibility index (Phi) is 1.66. The van der Waals surface area contributed by atoms with Crippen molar-refractivity contribution >= 4 is 0 Å². The molecule has 0 radical (unpaired) electrons. The van der Waals surface area contributed by atoms with Crippen LogP contribution in [0.4, 0.5) is 0 Å². The number of hydrogen-bond acceptors (Lipinski definition) is 0. The van der Waals surface area contributed by atoms with E-state index in [2.05, 4.69) is 48.1 Å². The van der Waals surface area contributed by atoms with Gasteiger partial charge in [0.05, 0.1) is 0 Å². The zero-order valence-corrected chi connectivity index (χ0v) is 11.7. The van der Waals surface area contributed by atoms with Gasteiger partial charge >= 0.3 is 0 Å². The lowest BCUT2D eigenvalue weighted by molar-refractivity contribution is 0.0372. The summed E-state index contributed by atoms with van der Waals surface area (Å²) in [6.45, 7) is 19.6. The molecule has 0 spiro atoms. The maximum Gasteiger partial charge on any atom is -0.00513 e. The summed E-state index contributed by atoms with van der Waals surface area (Å²) >= 11 is 0. The van der Waals surface area contributed by atoms with Crippen molar-refractivity contribution in [3.63, 3.8) is 0 Å². The van der Waals surface area contributed by atoms with E-state index in [4.69, 9.17) is 0 Å². The van der Waals surface area contributed by atoms with E-state index in [1.807, 2.05) is 0 Å². The molecule has 0 saturated heterocycles. The molecule has 0 aromatic heterocycles. The van der Waals surface area contributed by atoms with Crippen molar-refractivity contribution in [3.8, 4) is 0 Å². The van der Waals surface area contributed by atoms with Crippen molar-refractivity contribution < 1.29 is 0 Å². The molecule has 0 aromatic carbocycles. The van der Waals surface area contributed by atoms with Crippen LogP contribution < -0.4 is 0 Å². The lowest BCUT2D eigenvalue weighted by Gasteiger charge is -2.48. The molecular weight excluding hydrogens is 192 g/mol. The van der Waals surface area contributed by atoms with Crippen molar-refractivity contribution in [2.75, 3.05) is 0 Å². The van der Waals surface area contributed by atoms with Gasteiger partial charge in [0.2, 0.25) is 0 Å². The van der Waals surface area contributed by atoms with E-state index in [0.29, 0.717) is 16.2 Å². The predicted molar refractivity (Wildman–Crippen MR) is 69.1 cm³/mol. The van der Waals surface area contributed by atoms with E-state index in [-0.39, 0.29) is 0 Å². The molecule has 3 aliphatic rings. The van der Waals surface area contributed by atoms with Gasteiger partial charge in [0.25, 0.3) is 0 Å². The van der Waals surface area contributed by atoms with Crippen LogP contribution in [0.3, 0.4) is 0 Å². The van der Waals surface area contributed by atoms with E-state index >= 15 is 0 Å². The molecule has 0 heteroatoms. The van der Waals surface area contributed by atoms with Crippen LogP contribution in [0.1, 0.15) is 48.0 Å². The maximum atomic E-state index is 4.50. The third-order valence-electron chi connectivity index (χ3n) is 7.96. The molecule has 0 amide bonds. The van der Waals surface area contributed by atoms with Crippen LogP contribution in [0.2, 0.25) is 0 Å². The highest BCUT2D eigenvalue weighted by atomic mass is 14.8. The second kappa shape index (κ2) is 2.44. The molecule has 3 saturated carbocycles. The van der Waals surface area contributed by atoms with E-state index in [1.165, 1.54) is 6.42 Å². The van der Waals surface area contributed by atoms with Crippen molar-refractivity contribution in [2.24, 2.45) is 39.9 Å². The Morgan fingerprint density at radius 3 is 2.12 bits per heavy atom. The van der Waals surface area contributed by atoms with Gasteiger partial charge in [-0.2, -0.15) is 0 Å². The average molecular weight is 218 g/mol. The van der Waals surface area contributed by atoms with Crippen LogP contribution in [-0.4, -0.2) is 0 Å². The van der Waals surface area contributed by atoms with Gasteiger partial charge in [-0.1, -0.05) is 53.7 Å². The Bertz CT molecular complexity index is 381. The molecule has 0 unspecified atom stereocenters. The van der Waals surface area contributed by atoms with Gasteiger partial charge in [-0.15, -0.1) is 0 Å². The van der Waals surface area contributed by atoms with Crippen molar-refractivity contribution in [1.29, 1.82) is 0 Å². The first-order valence-electron chi connectivity index (χ1n) is 6.92. The van der Waals surface area contributed by atoms with Gasteiger partial charge in [0.1, 0.15) is 0 Å². The smallest absolute Gasteiger partial charge is 0.00513 e. The van der Waals surface area contributed by atoms with Crippen molar-refractivity contribution in [3.05, 3.63) is 12.2 Å². The summed E-state index contributed by atoms with van der Waals surface area (Å²) in [5.74, 6) is 3.33. The van der Waals surface area contributed by atoms with Gasteiger partial charge in [-0.25, -0.2) is 0 Å². The summed E-state index contributed by atoms with van der Waals surface area (Å²) in [7, 11) is 0. The fourth-order valence-electron chi connectivity index (χ4n) is 6.61. The standard InChI is InChI=1S/C16H26/c1-9-8-14(5)12(4)13-10(2)11(3)16(14,7)15(9,13)6/h9-11,13H,4,8H2,1-3,5-7H3/t9-,10+,11-,13-,14-,15+,16-/m0/s1. The van der Waals surface area contributed by atoms with Crippen LogP contribution in [0, 0.1) is 39.9 Å². The van der Waals surface area contributed by atoms with Crippen molar-refractivity contribution in [1.82, 2.24) is 0 Å². The molecule has 16 heavy (non-hydrogen) atoms. The number of allylic oxidation sites excluding steroid dienone is 1. The highest BCUT2D eigenvalue weighted by Crippen LogP contribution is 2.86. The Labute approximate surface area is 101 Å². The molecule has 0 nitrogen and oxygen atoms in total. The second-order valence-electron chi connectivity index (χ2n) is 7.57. The zero-order valence-electron chi connectivity index (χ0n) is 11.7. The monoisotopic (exact) mass is 218 g/mol. The molecule has 4 bridgehead atoms. The topological polar surface area (TPSA) is 0 Å². The maximum absolute atomic E-state index is 4.50. The van der Waals surface area contributed by atoms with E-state index < -0.39 is 0 Å². The molecule has 0 N–H and O–H groups in total. The zero-order chi connectivity index (χ0) is 12.1. The minimum Gasteiger partial charge on any atom is -0.0990 e. The Hall–Kier alpha value is -0.260. The van der Waals surface area contributed by atoms with Crippen LogP contribution in [-0.2, 0) is 0 Å². The number of rotatable bonds is 0. The van der Waals surface area contributed by atoms with Crippen LogP contribution in [0.5, 0.6) is 0 Å². The first-order valence-corrected chi connectivity index (χ1v) is 6.92. The van der Waals surface area contributed by atoms with Crippen molar-refractivity contribution in [2.45, 2.75) is 48.0 Å². The summed E-state index contributed by atoms with van der Waals surface area (Å²) in [6.07, 6.45) is 1.37. The van der Waals surface area contributed by atoms with Gasteiger partial charge in [0, 0.05) is 0 Å². The van der Waals surface area contributed by atoms with Crippen LogP contribution >= 0.6 is 0 Å². The second-order valence-corrected chi connectivity index (χ2v) is 7.57. The lowest BCUT2D eigenvalue weighted by atomic mass is 9.56. The molecule has 7 atom stereocenters. The Morgan fingerprint density at radius 1 is 1.12 bits per heavy atom. The largest absolute Gasteiger partial charge is 0.0990 e. The highest BCUT2D eigenvalue weighted by Gasteiger charge is 2.80. The minimum absolute atomic E-state index is 0.414. The summed E-state index contributed by atoms with van der Waals surface area (Å²) in [5, 5.41) is 0. The Morgan fingerprint density at radius 2 is 1.69 bits per heavy atom. The quantitative estimate of drug-likeness (QED) is 0.524. The minimum atomic E-state index is 0.414. The van der Waals surface area contributed by atoms with Gasteiger partial charge < -0.3 is 0 Å². The predicted octanol–water partition coefficient (Wildman–Crippen LogP) is 4.52. The third kappa shape index (κ3) is 0.646. The molecule has 0 heterocycles. The van der Waals surface area contributed by atoms with Crippen LogP contribution in [0.25, 0.3) is 0 Å². The highest BCUT2D eigenvalue weighted by molar-refractivity contribution is 5.41. The summed E-state index contributed by atoms with van der Waals surface area (Å²) < 4.78 is 0. The van der Waals surface area contributed by atoms with E-state index in [0.717, 1.165) is 23.7 Å². The van der Waals surface area contributed by atoms with Gasteiger partial charge in [-0.3, -0.25) is 0 Å². The summed E-state index contributed by atoms with van der Waals surface area (Å²) in [6, 6.07) is 0. The molecule has 90 valence electrons. The molecule has 0 aromatic rings. The summed E-state index contributed by atoms with van der Waals surface area (Å²) in [4.78, 5) is 0. The van der Waals surface area contributed by atoms with Gasteiger partial charge in [0.15, 0.2) is 0 Å². The lowest BCUT2D eigenvalue weighted by Crippen LogP contribution is -2.41. The average Bonchev–Trinajstić information content (AvgIpc) is 2.52. The first-order chi connectivity index (χ1) is 7.23. The Balaban J connectivity index is 2.30. The molecule has 3 rings (SSSR count). The SMILES string of the molecule is C=C1[C@@H]2[C@H](C)[C@H](C)[C@]3(C)[C@]2(C)[C@@H](C)C[C@@]13C. The first kappa shape index (κ1) is 10.9. The molecule has 3 aliphatic carbocycles. The van der Waals surface area contributed by atoms with E-state index in [1.54, 1.807) is 5.57 Å². The molecule has 3 fully saturated rings. The molecule has 0 aliphatic heterocycles. The third-order valence-corrected chi connectivity index (χ3v) is 7.96. The van der Waals surface area contributed by atoms with Gasteiger partial charge in [-0.05, 0) is 46.3 Å². The normalized spacial score (nSPS) is 68.0. The van der Waals surface area contributed by atoms with Crippen LogP contribution in [0.15, 0.2) is 12.2 Å². The number of hydrogen-bond donors (Lipinski definition) is 0. The van der Waals surface area contributed by atoms with E-state index in [9.17, 15) is 0 Å². The molecular formula is C16H26. The fourth-order valence-corrected chi connectivity index (χ4v) is 6.61. The summed E-state index contributed by atoms with van der Waals surface area (Å²) in [5.41, 5.74) is 3.00. The fraction of sp³-hybridized carbons (Fsp3) is 0.875.